The number of aliphatic hydroxyl groups excluding tert-OH is 1. The zero-order valence-corrected chi connectivity index (χ0v) is 13.7. The van der Waals surface area contributed by atoms with E-state index in [0.717, 1.165) is 11.4 Å². The Balaban J connectivity index is 1.80. The SMILES string of the molecule is Cc1c(NC(=O)C(O)c2ccccc2)cnn1-c1cccc(Cl)c1. The Morgan fingerprint density at radius 1 is 1.21 bits per heavy atom. The number of benzene rings is 2. The van der Waals surface area contributed by atoms with Crippen LogP contribution in [0.2, 0.25) is 5.02 Å². The summed E-state index contributed by atoms with van der Waals surface area (Å²) in [5.74, 6) is -0.505. The molecule has 1 heterocycles. The van der Waals surface area contributed by atoms with E-state index >= 15 is 0 Å². The number of aromatic nitrogens is 2. The van der Waals surface area contributed by atoms with Crippen molar-refractivity contribution in [1.29, 1.82) is 0 Å². The van der Waals surface area contributed by atoms with E-state index in [1.165, 1.54) is 0 Å². The predicted molar refractivity (Wildman–Crippen MR) is 93.3 cm³/mol. The van der Waals surface area contributed by atoms with Crippen LogP contribution in [0, 0.1) is 6.92 Å². The summed E-state index contributed by atoms with van der Waals surface area (Å²) < 4.78 is 1.68. The van der Waals surface area contributed by atoms with Gasteiger partial charge in [-0.05, 0) is 30.7 Å². The minimum absolute atomic E-state index is 0.505. The molecule has 1 amide bonds. The Morgan fingerprint density at radius 2 is 1.96 bits per heavy atom. The summed E-state index contributed by atoms with van der Waals surface area (Å²) in [6.45, 7) is 1.83. The molecule has 2 aromatic carbocycles. The molecule has 0 fully saturated rings. The van der Waals surface area contributed by atoms with Crippen LogP contribution in [0.25, 0.3) is 5.69 Å². The zero-order valence-electron chi connectivity index (χ0n) is 13.0. The number of anilines is 1. The molecule has 3 aromatic rings. The van der Waals surface area contributed by atoms with Gasteiger partial charge in [-0.1, -0.05) is 48.0 Å². The Kier molecular flexibility index (Phi) is 4.64. The first-order valence-corrected chi connectivity index (χ1v) is 7.78. The van der Waals surface area contributed by atoms with Gasteiger partial charge in [0.25, 0.3) is 5.91 Å². The van der Waals surface area contributed by atoms with Crippen LogP contribution in [0.3, 0.4) is 0 Å². The summed E-state index contributed by atoms with van der Waals surface area (Å²) in [4.78, 5) is 12.2. The summed E-state index contributed by atoms with van der Waals surface area (Å²) in [5.41, 5.74) is 2.61. The third-order valence-electron chi connectivity index (χ3n) is 3.68. The second-order valence-electron chi connectivity index (χ2n) is 5.34. The maximum Gasteiger partial charge on any atom is 0.257 e. The van der Waals surface area contributed by atoms with Crippen molar-refractivity contribution in [1.82, 2.24) is 9.78 Å². The van der Waals surface area contributed by atoms with Crippen LogP contribution in [0.4, 0.5) is 5.69 Å². The van der Waals surface area contributed by atoms with E-state index in [-0.39, 0.29) is 0 Å². The first-order valence-electron chi connectivity index (χ1n) is 7.40. The van der Waals surface area contributed by atoms with Gasteiger partial charge in [0.2, 0.25) is 0 Å². The second-order valence-corrected chi connectivity index (χ2v) is 5.77. The molecule has 0 aliphatic heterocycles. The van der Waals surface area contributed by atoms with Gasteiger partial charge in [-0.3, -0.25) is 4.79 Å². The van der Waals surface area contributed by atoms with Crippen molar-refractivity contribution in [2.45, 2.75) is 13.0 Å². The maximum atomic E-state index is 12.2. The molecule has 0 bridgehead atoms. The van der Waals surface area contributed by atoms with E-state index in [9.17, 15) is 9.90 Å². The lowest BCUT2D eigenvalue weighted by Crippen LogP contribution is -2.21. The number of rotatable bonds is 4. The molecular weight excluding hydrogens is 326 g/mol. The Hall–Kier alpha value is -2.63. The van der Waals surface area contributed by atoms with Crippen molar-refractivity contribution in [2.75, 3.05) is 5.32 Å². The summed E-state index contributed by atoms with van der Waals surface area (Å²) in [5, 5.41) is 17.7. The monoisotopic (exact) mass is 341 g/mol. The molecule has 1 unspecified atom stereocenters. The first kappa shape index (κ1) is 16.2. The van der Waals surface area contributed by atoms with E-state index in [0.29, 0.717) is 16.3 Å². The van der Waals surface area contributed by atoms with Gasteiger partial charge in [-0.2, -0.15) is 5.10 Å². The molecule has 0 aliphatic carbocycles. The summed E-state index contributed by atoms with van der Waals surface area (Å²) >= 11 is 6.00. The smallest absolute Gasteiger partial charge is 0.257 e. The van der Waals surface area contributed by atoms with Crippen molar-refractivity contribution < 1.29 is 9.90 Å². The van der Waals surface area contributed by atoms with Crippen LogP contribution in [0.15, 0.2) is 60.8 Å². The summed E-state index contributed by atoms with van der Waals surface area (Å²) in [6, 6.07) is 16.0. The molecule has 3 rings (SSSR count). The van der Waals surface area contributed by atoms with Gasteiger partial charge >= 0.3 is 0 Å². The van der Waals surface area contributed by atoms with E-state index in [1.807, 2.05) is 25.1 Å². The third kappa shape index (κ3) is 3.32. The fourth-order valence-electron chi connectivity index (χ4n) is 2.39. The molecule has 6 heteroatoms. The number of amides is 1. The van der Waals surface area contributed by atoms with Crippen LogP contribution in [-0.4, -0.2) is 20.8 Å². The average Bonchev–Trinajstić information content (AvgIpc) is 2.95. The molecule has 0 spiro atoms. The van der Waals surface area contributed by atoms with Gasteiger partial charge < -0.3 is 10.4 Å². The summed E-state index contributed by atoms with van der Waals surface area (Å²) in [6.07, 6.45) is 0.311. The molecule has 0 saturated heterocycles. The number of hydrogen-bond acceptors (Lipinski definition) is 3. The highest BCUT2D eigenvalue weighted by Crippen LogP contribution is 2.22. The standard InChI is InChI=1S/C18H16ClN3O2/c1-12-16(11-20-22(12)15-9-5-8-14(19)10-15)21-18(24)17(23)13-6-3-2-4-7-13/h2-11,17,23H,1H3,(H,21,24). The molecule has 0 aliphatic rings. The quantitative estimate of drug-likeness (QED) is 0.763. The van der Waals surface area contributed by atoms with Crippen molar-refractivity contribution in [2.24, 2.45) is 0 Å². The molecular formula is C18H16ClN3O2. The van der Waals surface area contributed by atoms with Gasteiger partial charge in [-0.25, -0.2) is 4.68 Å². The van der Waals surface area contributed by atoms with Gasteiger partial charge in [0.05, 0.1) is 23.3 Å². The summed E-state index contributed by atoms with van der Waals surface area (Å²) in [7, 11) is 0. The van der Waals surface area contributed by atoms with Gasteiger partial charge in [0.1, 0.15) is 0 Å². The molecule has 0 radical (unpaired) electrons. The predicted octanol–water partition coefficient (Wildman–Crippen LogP) is 3.51. The van der Waals surface area contributed by atoms with Crippen LogP contribution in [0.5, 0.6) is 0 Å². The van der Waals surface area contributed by atoms with Crippen molar-refractivity contribution in [3.05, 3.63) is 77.1 Å². The highest BCUT2D eigenvalue weighted by atomic mass is 35.5. The van der Waals surface area contributed by atoms with Crippen molar-refractivity contribution in [3.8, 4) is 5.69 Å². The van der Waals surface area contributed by atoms with Crippen LogP contribution >= 0.6 is 11.6 Å². The molecule has 5 nitrogen and oxygen atoms in total. The topological polar surface area (TPSA) is 67.2 Å². The Morgan fingerprint density at radius 3 is 2.67 bits per heavy atom. The van der Waals surface area contributed by atoms with Crippen LogP contribution in [0.1, 0.15) is 17.4 Å². The van der Waals surface area contributed by atoms with Gasteiger partial charge in [0.15, 0.2) is 6.10 Å². The Labute approximate surface area is 144 Å². The molecule has 1 aromatic heterocycles. The number of nitrogens with zero attached hydrogens (tertiary/aromatic N) is 2. The van der Waals surface area contributed by atoms with Crippen molar-refractivity contribution in [3.63, 3.8) is 0 Å². The average molecular weight is 342 g/mol. The minimum atomic E-state index is -1.24. The number of carbonyl (C=O) groups is 1. The molecule has 24 heavy (non-hydrogen) atoms. The number of nitrogens with one attached hydrogen (secondary N) is 1. The first-order chi connectivity index (χ1) is 11.6. The fraction of sp³-hybridized carbons (Fsp3) is 0.111. The Bertz CT molecular complexity index is 862. The van der Waals surface area contributed by atoms with E-state index in [1.54, 1.807) is 47.3 Å². The van der Waals surface area contributed by atoms with Gasteiger partial charge in [-0.15, -0.1) is 0 Å². The molecule has 122 valence electrons. The highest BCUT2D eigenvalue weighted by Gasteiger charge is 2.19. The number of aliphatic hydroxyl groups is 1. The number of hydrogen-bond donors (Lipinski definition) is 2. The maximum absolute atomic E-state index is 12.2. The lowest BCUT2D eigenvalue weighted by molar-refractivity contribution is -0.124. The van der Waals surface area contributed by atoms with Gasteiger partial charge in [0, 0.05) is 5.02 Å². The van der Waals surface area contributed by atoms with E-state index in [2.05, 4.69) is 10.4 Å². The normalized spacial score (nSPS) is 12.0. The largest absolute Gasteiger partial charge is 0.378 e. The minimum Gasteiger partial charge on any atom is -0.378 e. The van der Waals surface area contributed by atoms with E-state index < -0.39 is 12.0 Å². The van der Waals surface area contributed by atoms with Crippen LogP contribution < -0.4 is 5.32 Å². The number of halogens is 1. The molecule has 2 N–H and O–H groups in total. The van der Waals surface area contributed by atoms with Crippen molar-refractivity contribution >= 4 is 23.2 Å². The fourth-order valence-corrected chi connectivity index (χ4v) is 2.57. The zero-order chi connectivity index (χ0) is 17.1. The second kappa shape index (κ2) is 6.86. The third-order valence-corrected chi connectivity index (χ3v) is 3.92. The molecule has 1 atom stereocenters. The van der Waals surface area contributed by atoms with Crippen LogP contribution in [-0.2, 0) is 4.79 Å². The highest BCUT2D eigenvalue weighted by molar-refractivity contribution is 6.30. The molecule has 0 saturated carbocycles. The van der Waals surface area contributed by atoms with E-state index in [4.69, 9.17) is 11.6 Å². The number of carbonyl (C=O) groups excluding carboxylic acids is 1. The lowest BCUT2D eigenvalue weighted by Gasteiger charge is -2.11. The lowest BCUT2D eigenvalue weighted by atomic mass is 10.1.